The quantitative estimate of drug-likeness (QED) is 0.808. The molecule has 0 atom stereocenters. The SMILES string of the molecule is Cn1c(NNC(=O)c2ccc(Cl)cc2)cc(=O)n(C)c1=O. The largest absolute Gasteiger partial charge is 0.332 e. The molecule has 0 saturated carbocycles. The molecule has 1 heterocycles. The van der Waals surface area contributed by atoms with Crippen molar-refractivity contribution in [2.75, 3.05) is 5.43 Å². The molecule has 1 aromatic carbocycles. The number of hydrogen-bond donors (Lipinski definition) is 2. The van der Waals surface area contributed by atoms with Gasteiger partial charge in [0.25, 0.3) is 11.5 Å². The summed E-state index contributed by atoms with van der Waals surface area (Å²) in [5.41, 5.74) is 4.39. The van der Waals surface area contributed by atoms with E-state index in [-0.39, 0.29) is 5.82 Å². The van der Waals surface area contributed by atoms with Crippen molar-refractivity contribution in [2.45, 2.75) is 0 Å². The molecule has 8 heteroatoms. The van der Waals surface area contributed by atoms with E-state index in [0.717, 1.165) is 4.57 Å². The molecule has 0 spiro atoms. The van der Waals surface area contributed by atoms with Crippen LogP contribution >= 0.6 is 11.6 Å². The Labute approximate surface area is 124 Å². The number of amides is 1. The molecular weight excluding hydrogens is 296 g/mol. The molecule has 1 amide bonds. The minimum absolute atomic E-state index is 0.186. The lowest BCUT2D eigenvalue weighted by Gasteiger charge is -2.12. The van der Waals surface area contributed by atoms with Crippen LogP contribution in [-0.2, 0) is 14.1 Å². The van der Waals surface area contributed by atoms with Crippen LogP contribution in [0.15, 0.2) is 39.9 Å². The molecule has 0 aliphatic rings. The molecule has 0 radical (unpaired) electrons. The van der Waals surface area contributed by atoms with Crippen molar-refractivity contribution >= 4 is 23.3 Å². The highest BCUT2D eigenvalue weighted by Crippen LogP contribution is 2.09. The van der Waals surface area contributed by atoms with Gasteiger partial charge in [0.05, 0.1) is 0 Å². The Morgan fingerprint density at radius 3 is 2.33 bits per heavy atom. The Balaban J connectivity index is 2.17. The Bertz CT molecular complexity index is 793. The maximum atomic E-state index is 11.9. The third kappa shape index (κ3) is 3.14. The van der Waals surface area contributed by atoms with Crippen molar-refractivity contribution < 1.29 is 4.79 Å². The van der Waals surface area contributed by atoms with Crippen LogP contribution < -0.4 is 22.1 Å². The number of aromatic nitrogens is 2. The first-order valence-electron chi connectivity index (χ1n) is 5.99. The molecule has 7 nitrogen and oxygen atoms in total. The highest BCUT2D eigenvalue weighted by atomic mass is 35.5. The van der Waals surface area contributed by atoms with Gasteiger partial charge in [-0.15, -0.1) is 0 Å². The smallest absolute Gasteiger partial charge is 0.283 e. The fraction of sp³-hybridized carbons (Fsp3) is 0.154. The van der Waals surface area contributed by atoms with Gasteiger partial charge in [-0.2, -0.15) is 0 Å². The summed E-state index contributed by atoms with van der Waals surface area (Å²) in [4.78, 5) is 35.2. The van der Waals surface area contributed by atoms with Crippen LogP contribution in [0, 0.1) is 0 Å². The second-order valence-electron chi connectivity index (χ2n) is 4.35. The number of nitrogens with zero attached hydrogens (tertiary/aromatic N) is 2. The fourth-order valence-electron chi connectivity index (χ4n) is 1.65. The van der Waals surface area contributed by atoms with E-state index in [4.69, 9.17) is 11.6 Å². The summed E-state index contributed by atoms with van der Waals surface area (Å²) in [5, 5.41) is 0.522. The predicted octanol–water partition coefficient (Wildman–Crippen LogP) is 0.494. The van der Waals surface area contributed by atoms with Crippen molar-refractivity contribution in [3.8, 4) is 0 Å². The van der Waals surface area contributed by atoms with Crippen molar-refractivity contribution in [3.63, 3.8) is 0 Å². The first-order chi connectivity index (χ1) is 9.90. The third-order valence-corrected chi connectivity index (χ3v) is 3.19. The Hall–Kier alpha value is -2.54. The zero-order chi connectivity index (χ0) is 15.6. The maximum absolute atomic E-state index is 11.9. The second kappa shape index (κ2) is 5.84. The number of anilines is 1. The van der Waals surface area contributed by atoms with Crippen LogP contribution in [0.1, 0.15) is 10.4 Å². The van der Waals surface area contributed by atoms with Gasteiger partial charge in [0, 0.05) is 30.7 Å². The van der Waals surface area contributed by atoms with Crippen molar-refractivity contribution in [1.82, 2.24) is 14.6 Å². The maximum Gasteiger partial charge on any atom is 0.332 e. The standard InChI is InChI=1S/C13H13ClN4O3/c1-17-10(7-11(19)18(2)13(17)21)15-16-12(20)8-3-5-9(14)6-4-8/h3-7,15H,1-2H3,(H,16,20). The Morgan fingerprint density at radius 2 is 1.71 bits per heavy atom. The van der Waals surface area contributed by atoms with Crippen LogP contribution in [0.5, 0.6) is 0 Å². The van der Waals surface area contributed by atoms with Gasteiger partial charge < -0.3 is 0 Å². The Morgan fingerprint density at radius 1 is 1.10 bits per heavy atom. The summed E-state index contributed by atoms with van der Waals surface area (Å²) in [5.74, 6) is -0.231. The van der Waals surface area contributed by atoms with Gasteiger partial charge in [-0.3, -0.25) is 29.6 Å². The van der Waals surface area contributed by atoms with Gasteiger partial charge in [0.1, 0.15) is 5.82 Å². The van der Waals surface area contributed by atoms with E-state index in [9.17, 15) is 14.4 Å². The summed E-state index contributed by atoms with van der Waals surface area (Å²) in [6.07, 6.45) is 0. The fourth-order valence-corrected chi connectivity index (χ4v) is 1.77. The van der Waals surface area contributed by atoms with E-state index < -0.39 is 17.2 Å². The van der Waals surface area contributed by atoms with E-state index in [0.29, 0.717) is 10.6 Å². The normalized spacial score (nSPS) is 10.2. The first-order valence-corrected chi connectivity index (χ1v) is 6.37. The van der Waals surface area contributed by atoms with E-state index >= 15 is 0 Å². The number of rotatable bonds is 3. The summed E-state index contributed by atoms with van der Waals surface area (Å²) in [6, 6.07) is 7.50. The Kier molecular flexibility index (Phi) is 4.13. The van der Waals surface area contributed by atoms with Crippen LogP contribution in [-0.4, -0.2) is 15.0 Å². The third-order valence-electron chi connectivity index (χ3n) is 2.94. The van der Waals surface area contributed by atoms with Gasteiger partial charge in [-0.05, 0) is 24.3 Å². The summed E-state index contributed by atoms with van der Waals surface area (Å²) in [7, 11) is 2.86. The molecule has 0 aliphatic carbocycles. The topological polar surface area (TPSA) is 85.1 Å². The van der Waals surface area contributed by atoms with Crippen molar-refractivity contribution in [3.05, 3.63) is 61.8 Å². The lowest BCUT2D eigenvalue weighted by atomic mass is 10.2. The highest BCUT2D eigenvalue weighted by molar-refractivity contribution is 6.30. The number of nitrogens with one attached hydrogen (secondary N) is 2. The molecule has 0 unspecified atom stereocenters. The van der Waals surface area contributed by atoms with Crippen LogP contribution in [0.2, 0.25) is 5.02 Å². The van der Waals surface area contributed by atoms with Crippen LogP contribution in [0.3, 0.4) is 0 Å². The molecule has 0 saturated heterocycles. The van der Waals surface area contributed by atoms with E-state index in [2.05, 4.69) is 10.9 Å². The number of hydrogen-bond acceptors (Lipinski definition) is 4. The summed E-state index contributed by atoms with van der Waals surface area (Å²) >= 11 is 5.74. The van der Waals surface area contributed by atoms with Gasteiger partial charge in [-0.1, -0.05) is 11.6 Å². The van der Waals surface area contributed by atoms with Crippen molar-refractivity contribution in [2.24, 2.45) is 14.1 Å². The zero-order valence-electron chi connectivity index (χ0n) is 11.4. The minimum atomic E-state index is -0.495. The zero-order valence-corrected chi connectivity index (χ0v) is 12.1. The molecule has 1 aromatic heterocycles. The van der Waals surface area contributed by atoms with Crippen LogP contribution in [0.4, 0.5) is 5.82 Å². The molecular formula is C13H13ClN4O3. The van der Waals surface area contributed by atoms with Gasteiger partial charge in [-0.25, -0.2) is 4.79 Å². The van der Waals surface area contributed by atoms with E-state index in [1.165, 1.54) is 24.7 Å². The predicted molar refractivity (Wildman–Crippen MR) is 79.5 cm³/mol. The summed E-state index contributed by atoms with van der Waals surface area (Å²) < 4.78 is 2.18. The van der Waals surface area contributed by atoms with Crippen LogP contribution in [0.25, 0.3) is 0 Å². The number of benzene rings is 1. The average Bonchev–Trinajstić information content (AvgIpc) is 2.48. The number of halogens is 1. The molecule has 21 heavy (non-hydrogen) atoms. The van der Waals surface area contributed by atoms with Gasteiger partial charge in [0.15, 0.2) is 0 Å². The lowest BCUT2D eigenvalue weighted by molar-refractivity contribution is 0.0962. The van der Waals surface area contributed by atoms with E-state index in [1.807, 2.05) is 0 Å². The number of hydrazine groups is 1. The van der Waals surface area contributed by atoms with Gasteiger partial charge in [0.2, 0.25) is 0 Å². The van der Waals surface area contributed by atoms with Gasteiger partial charge >= 0.3 is 5.69 Å². The summed E-state index contributed by atoms with van der Waals surface area (Å²) in [6.45, 7) is 0. The van der Waals surface area contributed by atoms with Crippen molar-refractivity contribution in [1.29, 1.82) is 0 Å². The molecule has 2 rings (SSSR count). The monoisotopic (exact) mass is 308 g/mol. The molecule has 0 fully saturated rings. The lowest BCUT2D eigenvalue weighted by Crippen LogP contribution is -2.40. The molecule has 2 N–H and O–H groups in total. The molecule has 0 bridgehead atoms. The van der Waals surface area contributed by atoms with E-state index in [1.54, 1.807) is 24.3 Å². The number of carbonyl (C=O) groups excluding carboxylic acids is 1. The molecule has 0 aliphatic heterocycles. The second-order valence-corrected chi connectivity index (χ2v) is 4.79. The first kappa shape index (κ1) is 14.9. The minimum Gasteiger partial charge on any atom is -0.283 e. The molecule has 110 valence electrons. The highest BCUT2D eigenvalue weighted by Gasteiger charge is 2.08. The average molecular weight is 309 g/mol. The number of carbonyl (C=O) groups is 1. The molecule has 2 aromatic rings.